The van der Waals surface area contributed by atoms with Crippen LogP contribution in [0.4, 0.5) is 0 Å². The van der Waals surface area contributed by atoms with E-state index in [0.29, 0.717) is 33.3 Å². The van der Waals surface area contributed by atoms with Gasteiger partial charge in [0, 0.05) is 18.9 Å². The lowest BCUT2D eigenvalue weighted by molar-refractivity contribution is 0.413. The van der Waals surface area contributed by atoms with E-state index in [1.807, 2.05) is 48.5 Å². The third-order valence-corrected chi connectivity index (χ3v) is 5.64. The topological polar surface area (TPSA) is 74.1 Å². The summed E-state index contributed by atoms with van der Waals surface area (Å²) in [6.07, 6.45) is 1.59. The summed E-state index contributed by atoms with van der Waals surface area (Å²) >= 11 is 1.44. The van der Waals surface area contributed by atoms with Crippen molar-refractivity contribution in [2.24, 2.45) is 7.05 Å². The summed E-state index contributed by atoms with van der Waals surface area (Å²) in [5, 5.41) is 7.42. The summed E-state index contributed by atoms with van der Waals surface area (Å²) in [6.45, 7) is 0. The Morgan fingerprint density at radius 2 is 1.86 bits per heavy atom. The second-order valence-electron chi connectivity index (χ2n) is 6.42. The minimum Gasteiger partial charge on any atom is -0.461 e. The van der Waals surface area contributed by atoms with Crippen molar-refractivity contribution in [2.45, 2.75) is 10.9 Å². The number of aromatic nitrogens is 3. The molecule has 0 aliphatic heterocycles. The maximum atomic E-state index is 12.8. The molecule has 0 saturated carbocycles. The minimum atomic E-state index is -0.0605. The maximum absolute atomic E-state index is 12.8. The number of nitrogens with zero attached hydrogens (tertiary/aromatic N) is 3. The van der Waals surface area contributed by atoms with E-state index in [9.17, 15) is 4.79 Å². The van der Waals surface area contributed by atoms with Crippen LogP contribution >= 0.6 is 11.8 Å². The number of benzene rings is 2. The number of fused-ring (bicyclic) bond motifs is 2. The number of furan rings is 1. The quantitative estimate of drug-likeness (QED) is 0.253. The van der Waals surface area contributed by atoms with Gasteiger partial charge in [0.15, 0.2) is 10.9 Å². The van der Waals surface area contributed by atoms with E-state index in [1.54, 1.807) is 23.9 Å². The van der Waals surface area contributed by atoms with Gasteiger partial charge in [-0.25, -0.2) is 4.98 Å². The average Bonchev–Trinajstić information content (AvgIpc) is 3.40. The van der Waals surface area contributed by atoms with Crippen LogP contribution in [0, 0.1) is 0 Å². The highest BCUT2D eigenvalue weighted by Gasteiger charge is 2.13. The van der Waals surface area contributed by atoms with Gasteiger partial charge >= 0.3 is 0 Å². The van der Waals surface area contributed by atoms with Gasteiger partial charge in [-0.05, 0) is 35.0 Å². The fourth-order valence-corrected chi connectivity index (χ4v) is 3.97. The Bertz CT molecular complexity index is 1350. The van der Waals surface area contributed by atoms with Crippen molar-refractivity contribution in [1.82, 2.24) is 14.7 Å². The monoisotopic (exact) mass is 389 g/mol. The average molecular weight is 389 g/mol. The van der Waals surface area contributed by atoms with Crippen LogP contribution in [0.3, 0.4) is 0 Å². The van der Waals surface area contributed by atoms with Gasteiger partial charge in [0.1, 0.15) is 0 Å². The number of thioether (sulfide) groups is 1. The van der Waals surface area contributed by atoms with Crippen LogP contribution in [0.15, 0.2) is 79.8 Å². The van der Waals surface area contributed by atoms with E-state index in [-0.39, 0.29) is 5.56 Å². The molecule has 3 heterocycles. The Hall–Kier alpha value is -3.32. The first-order valence-electron chi connectivity index (χ1n) is 8.71. The van der Waals surface area contributed by atoms with Crippen molar-refractivity contribution >= 4 is 33.4 Å². The Balaban J connectivity index is 1.48. The Kier molecular flexibility index (Phi) is 4.02. The fourth-order valence-electron chi connectivity index (χ4n) is 3.12. The van der Waals surface area contributed by atoms with Crippen LogP contribution in [0.25, 0.3) is 33.2 Å². The summed E-state index contributed by atoms with van der Waals surface area (Å²) in [7, 11) is 1.74. The van der Waals surface area contributed by atoms with E-state index >= 15 is 0 Å². The second kappa shape index (κ2) is 6.69. The lowest BCUT2D eigenvalue weighted by Crippen LogP contribution is -2.20. The summed E-state index contributed by atoms with van der Waals surface area (Å²) < 4.78 is 12.2. The van der Waals surface area contributed by atoms with Gasteiger partial charge in [0.25, 0.3) is 5.56 Å². The van der Waals surface area contributed by atoms with Gasteiger partial charge in [-0.3, -0.25) is 9.36 Å². The zero-order valence-electron chi connectivity index (χ0n) is 15.0. The van der Waals surface area contributed by atoms with Crippen LogP contribution in [-0.2, 0) is 12.8 Å². The predicted octanol–water partition coefficient (Wildman–Crippen LogP) is 4.63. The molecule has 0 bridgehead atoms. The van der Waals surface area contributed by atoms with Crippen LogP contribution in [0.1, 0.15) is 5.69 Å². The molecule has 0 spiro atoms. The maximum Gasteiger partial charge on any atom is 0.261 e. The molecule has 6 nitrogen and oxygen atoms in total. The smallest absolute Gasteiger partial charge is 0.261 e. The summed E-state index contributed by atoms with van der Waals surface area (Å²) in [6, 6.07) is 17.3. The fraction of sp³-hybridized carbons (Fsp3) is 0.0952. The second-order valence-corrected chi connectivity index (χ2v) is 7.37. The molecule has 7 heteroatoms. The molecule has 0 atom stereocenters. The zero-order chi connectivity index (χ0) is 19.1. The largest absolute Gasteiger partial charge is 0.461 e. The highest BCUT2D eigenvalue weighted by Crippen LogP contribution is 2.26. The van der Waals surface area contributed by atoms with Crippen LogP contribution in [0.2, 0.25) is 0 Å². The Labute approximate surface area is 163 Å². The molecule has 0 aliphatic rings. The van der Waals surface area contributed by atoms with Gasteiger partial charge in [0.2, 0.25) is 5.76 Å². The third kappa shape index (κ3) is 2.90. The number of rotatable bonds is 4. The van der Waals surface area contributed by atoms with E-state index in [1.165, 1.54) is 11.8 Å². The SMILES string of the molecule is Cn1c(SCc2cc(-c3ccco3)on2)nc2cc3ccccc3cc2c1=O. The molecule has 3 aromatic heterocycles. The molecular weight excluding hydrogens is 374 g/mol. The minimum absolute atomic E-state index is 0.0605. The first-order valence-corrected chi connectivity index (χ1v) is 9.69. The first kappa shape index (κ1) is 16.8. The van der Waals surface area contributed by atoms with E-state index in [0.717, 1.165) is 16.5 Å². The van der Waals surface area contributed by atoms with Gasteiger partial charge in [-0.1, -0.05) is 41.2 Å². The van der Waals surface area contributed by atoms with Crippen molar-refractivity contribution < 1.29 is 8.94 Å². The van der Waals surface area contributed by atoms with Crippen molar-refractivity contribution in [3.05, 3.63) is 76.9 Å². The van der Waals surface area contributed by atoms with Crippen LogP contribution in [-0.4, -0.2) is 14.7 Å². The van der Waals surface area contributed by atoms with Crippen molar-refractivity contribution in [1.29, 1.82) is 0 Å². The normalized spacial score (nSPS) is 11.5. The van der Waals surface area contributed by atoms with Gasteiger partial charge < -0.3 is 8.94 Å². The molecule has 0 radical (unpaired) electrons. The highest BCUT2D eigenvalue weighted by molar-refractivity contribution is 7.98. The van der Waals surface area contributed by atoms with Crippen molar-refractivity contribution in [2.75, 3.05) is 0 Å². The van der Waals surface area contributed by atoms with Crippen LogP contribution in [0.5, 0.6) is 0 Å². The number of hydrogen-bond donors (Lipinski definition) is 0. The highest BCUT2D eigenvalue weighted by atomic mass is 32.2. The molecule has 0 amide bonds. The lowest BCUT2D eigenvalue weighted by Gasteiger charge is -2.09. The van der Waals surface area contributed by atoms with E-state index < -0.39 is 0 Å². The van der Waals surface area contributed by atoms with Gasteiger partial charge in [-0.15, -0.1) is 0 Å². The molecule has 5 rings (SSSR count). The van der Waals surface area contributed by atoms with Gasteiger partial charge in [0.05, 0.1) is 22.9 Å². The summed E-state index contributed by atoms with van der Waals surface area (Å²) in [5.41, 5.74) is 1.39. The third-order valence-electron chi connectivity index (χ3n) is 4.57. The van der Waals surface area contributed by atoms with Crippen molar-refractivity contribution in [3.8, 4) is 11.5 Å². The lowest BCUT2D eigenvalue weighted by atomic mass is 10.1. The Morgan fingerprint density at radius 3 is 2.64 bits per heavy atom. The molecule has 0 aliphatic carbocycles. The van der Waals surface area contributed by atoms with Crippen LogP contribution < -0.4 is 5.56 Å². The molecule has 0 fully saturated rings. The summed E-state index contributed by atoms with van der Waals surface area (Å²) in [4.78, 5) is 17.5. The molecule has 2 aromatic carbocycles. The molecule has 138 valence electrons. The zero-order valence-corrected chi connectivity index (χ0v) is 15.8. The Morgan fingerprint density at radius 1 is 1.04 bits per heavy atom. The van der Waals surface area contributed by atoms with Crippen molar-refractivity contribution in [3.63, 3.8) is 0 Å². The molecule has 0 N–H and O–H groups in total. The molecule has 5 aromatic rings. The van der Waals surface area contributed by atoms with E-state index in [4.69, 9.17) is 13.9 Å². The summed E-state index contributed by atoms with van der Waals surface area (Å²) in [5.74, 6) is 1.74. The molecule has 0 unspecified atom stereocenters. The molecule has 28 heavy (non-hydrogen) atoms. The standard InChI is InChI=1S/C21H15N3O3S/c1-24-20(25)16-9-13-5-2-3-6-14(13)10-17(16)22-21(24)28-12-15-11-19(27-23-15)18-7-4-8-26-18/h2-11H,12H2,1H3. The molecular formula is C21H15N3O3S. The number of hydrogen-bond acceptors (Lipinski definition) is 6. The molecule has 0 saturated heterocycles. The predicted molar refractivity (Wildman–Crippen MR) is 108 cm³/mol. The first-order chi connectivity index (χ1) is 13.7. The van der Waals surface area contributed by atoms with E-state index in [2.05, 4.69) is 5.16 Å². The van der Waals surface area contributed by atoms with Gasteiger partial charge in [-0.2, -0.15) is 0 Å².